The molecule has 1 aliphatic carbocycles. The first-order valence-electron chi connectivity index (χ1n) is 11.5. The molecule has 3 heterocycles. The molecular formula is C23H30O13. The molecule has 4 aliphatic rings. The van der Waals surface area contributed by atoms with Crippen LogP contribution in [0, 0.1) is 5.92 Å². The van der Waals surface area contributed by atoms with Crippen molar-refractivity contribution in [3.8, 4) is 0 Å². The van der Waals surface area contributed by atoms with E-state index in [4.69, 9.17) is 37.9 Å². The van der Waals surface area contributed by atoms with Gasteiger partial charge in [0.1, 0.15) is 23.9 Å². The van der Waals surface area contributed by atoms with E-state index >= 15 is 0 Å². The molecule has 0 aromatic rings. The van der Waals surface area contributed by atoms with Gasteiger partial charge < -0.3 is 43.0 Å². The molecular weight excluding hydrogens is 484 g/mol. The van der Waals surface area contributed by atoms with E-state index in [-0.39, 0.29) is 12.7 Å². The Morgan fingerprint density at radius 2 is 1.53 bits per heavy atom. The number of esters is 4. The van der Waals surface area contributed by atoms with Crippen molar-refractivity contribution in [1.29, 1.82) is 0 Å². The quantitative estimate of drug-likeness (QED) is 0.271. The Labute approximate surface area is 206 Å². The minimum absolute atomic E-state index is 0.194. The zero-order valence-corrected chi connectivity index (χ0v) is 20.5. The highest BCUT2D eigenvalue weighted by Crippen LogP contribution is 2.61. The van der Waals surface area contributed by atoms with Crippen LogP contribution in [0.2, 0.25) is 0 Å². The van der Waals surface area contributed by atoms with Crippen LogP contribution in [0.25, 0.3) is 0 Å². The fraction of sp³-hybridized carbons (Fsp3) is 0.739. The summed E-state index contributed by atoms with van der Waals surface area (Å²) < 4.78 is 44.7. The molecule has 10 atom stereocenters. The summed E-state index contributed by atoms with van der Waals surface area (Å²) in [6.07, 6.45) is -4.82. The van der Waals surface area contributed by atoms with Crippen LogP contribution in [0.4, 0.5) is 0 Å². The minimum Gasteiger partial charge on any atom is -0.472 e. The second-order valence-electron chi connectivity index (χ2n) is 9.47. The molecule has 0 unspecified atom stereocenters. The predicted molar refractivity (Wildman–Crippen MR) is 113 cm³/mol. The van der Waals surface area contributed by atoms with Crippen molar-refractivity contribution in [2.24, 2.45) is 5.92 Å². The summed E-state index contributed by atoms with van der Waals surface area (Å²) in [5.74, 6) is -3.55. The van der Waals surface area contributed by atoms with Gasteiger partial charge in [0.2, 0.25) is 12.6 Å². The van der Waals surface area contributed by atoms with Gasteiger partial charge in [-0.05, 0) is 13.0 Å². The topological polar surface area (TPSA) is 166 Å². The van der Waals surface area contributed by atoms with Gasteiger partial charge in [-0.1, -0.05) is 0 Å². The van der Waals surface area contributed by atoms with Crippen LogP contribution in [0.15, 0.2) is 12.3 Å². The first-order valence-corrected chi connectivity index (χ1v) is 11.5. The average Bonchev–Trinajstić information content (AvgIpc) is 3.31. The number of carbonyl (C=O) groups excluding carboxylic acids is 4. The lowest BCUT2D eigenvalue weighted by Gasteiger charge is -2.46. The van der Waals surface area contributed by atoms with E-state index in [1.165, 1.54) is 19.3 Å². The maximum absolute atomic E-state index is 12.0. The fourth-order valence-corrected chi connectivity index (χ4v) is 5.24. The minimum atomic E-state index is -1.44. The molecule has 0 radical (unpaired) electrons. The van der Waals surface area contributed by atoms with Crippen LogP contribution in [-0.4, -0.2) is 89.9 Å². The van der Waals surface area contributed by atoms with Crippen LogP contribution in [-0.2, 0) is 57.1 Å². The number of aliphatic hydroxyl groups is 1. The van der Waals surface area contributed by atoms with Gasteiger partial charge in [-0.2, -0.15) is 0 Å². The molecule has 36 heavy (non-hydrogen) atoms. The Balaban J connectivity index is 1.66. The highest BCUT2D eigenvalue weighted by molar-refractivity contribution is 5.68. The van der Waals surface area contributed by atoms with E-state index in [0.29, 0.717) is 6.42 Å². The van der Waals surface area contributed by atoms with E-state index in [9.17, 15) is 24.3 Å². The van der Waals surface area contributed by atoms with Gasteiger partial charge in [-0.15, -0.1) is 0 Å². The maximum atomic E-state index is 12.0. The number of carbonyl (C=O) groups is 4. The van der Waals surface area contributed by atoms with E-state index in [0.717, 1.165) is 20.8 Å². The summed E-state index contributed by atoms with van der Waals surface area (Å²) >= 11 is 0. The number of ether oxygens (including phenoxy) is 8. The van der Waals surface area contributed by atoms with Crippen molar-refractivity contribution in [2.45, 2.75) is 95.3 Å². The molecule has 0 spiro atoms. The van der Waals surface area contributed by atoms with Gasteiger partial charge in [0.25, 0.3) is 0 Å². The lowest BCUT2D eigenvalue weighted by Crippen LogP contribution is -2.64. The van der Waals surface area contributed by atoms with E-state index < -0.39 is 78.0 Å². The van der Waals surface area contributed by atoms with Crippen LogP contribution in [0.5, 0.6) is 0 Å². The molecule has 3 aliphatic heterocycles. The maximum Gasteiger partial charge on any atom is 0.303 e. The molecule has 1 saturated carbocycles. The zero-order chi connectivity index (χ0) is 26.4. The van der Waals surface area contributed by atoms with Crippen LogP contribution in [0.1, 0.15) is 41.0 Å². The number of fused-ring (bicyclic) bond motifs is 3. The van der Waals surface area contributed by atoms with Gasteiger partial charge in [0.05, 0.1) is 18.3 Å². The highest BCUT2D eigenvalue weighted by Gasteiger charge is 2.74. The van der Waals surface area contributed by atoms with E-state index in [1.807, 2.05) is 6.92 Å². The molecule has 200 valence electrons. The third-order valence-corrected chi connectivity index (χ3v) is 6.70. The Morgan fingerprint density at radius 1 is 0.917 bits per heavy atom. The fourth-order valence-electron chi connectivity index (χ4n) is 5.24. The van der Waals surface area contributed by atoms with Gasteiger partial charge in [0.15, 0.2) is 18.3 Å². The van der Waals surface area contributed by atoms with Crippen molar-refractivity contribution in [1.82, 2.24) is 0 Å². The van der Waals surface area contributed by atoms with Crippen molar-refractivity contribution in [3.05, 3.63) is 12.3 Å². The second-order valence-corrected chi connectivity index (χ2v) is 9.47. The largest absolute Gasteiger partial charge is 0.472 e. The number of rotatable bonds is 7. The average molecular weight is 514 g/mol. The molecule has 1 N–H and O–H groups in total. The normalized spacial score (nSPS) is 42.3. The van der Waals surface area contributed by atoms with Crippen LogP contribution < -0.4 is 0 Å². The van der Waals surface area contributed by atoms with E-state index in [2.05, 4.69) is 0 Å². The molecule has 3 fully saturated rings. The molecule has 0 bridgehead atoms. The lowest BCUT2D eigenvalue weighted by molar-refractivity contribution is -0.350. The first-order chi connectivity index (χ1) is 16.8. The summed E-state index contributed by atoms with van der Waals surface area (Å²) in [6.45, 7) is 6.01. The molecule has 13 nitrogen and oxygen atoms in total. The van der Waals surface area contributed by atoms with E-state index in [1.54, 1.807) is 0 Å². The number of hydrogen-bond donors (Lipinski definition) is 1. The Morgan fingerprint density at radius 3 is 2.14 bits per heavy atom. The van der Waals surface area contributed by atoms with Crippen molar-refractivity contribution >= 4 is 23.9 Å². The molecule has 13 heteroatoms. The highest BCUT2D eigenvalue weighted by atomic mass is 16.8. The predicted octanol–water partition coefficient (Wildman–Crippen LogP) is -0.135. The monoisotopic (exact) mass is 514 g/mol. The third-order valence-electron chi connectivity index (χ3n) is 6.70. The van der Waals surface area contributed by atoms with Crippen molar-refractivity contribution < 1.29 is 62.2 Å². The standard InChI is InChI=1S/C23H30O13/c1-10(24)30-9-14-16(31-11(2)25)17(32-12(3)26)18(33-13(4)27)20(34-14)35-21-19-22(5)15(36-22)8-23(19,28)6-7-29-21/h6-7,14-21,28H,8-9H2,1-5H3/t14-,15+,16-,17-,18-,19-,20+,21+,22+,23-/m1/s1. The second kappa shape index (κ2) is 9.61. The van der Waals surface area contributed by atoms with Gasteiger partial charge in [-0.3, -0.25) is 19.2 Å². The molecule has 4 rings (SSSR count). The smallest absolute Gasteiger partial charge is 0.303 e. The summed E-state index contributed by atoms with van der Waals surface area (Å²) in [4.78, 5) is 47.3. The molecule has 0 amide bonds. The lowest BCUT2D eigenvalue weighted by atomic mass is 9.83. The third kappa shape index (κ3) is 5.05. The van der Waals surface area contributed by atoms with Gasteiger partial charge in [0, 0.05) is 34.1 Å². The Bertz CT molecular complexity index is 948. The SMILES string of the molecule is CC(=O)OC[C@H]1O[C@@H](O[C@@H]2OC=C[C@@]3(O)C[C@@H]4O[C@]4(C)[C@@H]23)[C@H](OC(C)=O)[C@H](OC(C)=O)[C@@H]1OC(C)=O. The van der Waals surface area contributed by atoms with Gasteiger partial charge >= 0.3 is 23.9 Å². The number of epoxide rings is 1. The Kier molecular flexibility index (Phi) is 7.03. The van der Waals surface area contributed by atoms with Crippen molar-refractivity contribution in [2.75, 3.05) is 6.61 Å². The summed E-state index contributed by atoms with van der Waals surface area (Å²) in [7, 11) is 0. The summed E-state index contributed by atoms with van der Waals surface area (Å²) in [5, 5.41) is 11.2. The zero-order valence-electron chi connectivity index (χ0n) is 20.5. The Hall–Kier alpha value is -2.74. The van der Waals surface area contributed by atoms with Crippen LogP contribution >= 0.6 is 0 Å². The molecule has 0 aromatic heterocycles. The molecule has 0 aromatic carbocycles. The summed E-state index contributed by atoms with van der Waals surface area (Å²) in [5.41, 5.74) is -1.98. The number of hydrogen-bond acceptors (Lipinski definition) is 13. The first kappa shape index (κ1) is 26.3. The van der Waals surface area contributed by atoms with Crippen LogP contribution in [0.3, 0.4) is 0 Å². The van der Waals surface area contributed by atoms with Gasteiger partial charge in [-0.25, -0.2) is 0 Å². The molecule has 2 saturated heterocycles. The van der Waals surface area contributed by atoms with Crippen molar-refractivity contribution in [3.63, 3.8) is 0 Å². The summed E-state index contributed by atoms with van der Waals surface area (Å²) in [6, 6.07) is 0.